The molecule has 7 nitrogen and oxygen atoms in total. The van der Waals surface area contributed by atoms with Gasteiger partial charge in [-0.2, -0.15) is 0 Å². The molecular formula is C22H26O7. The highest BCUT2D eigenvalue weighted by atomic mass is 16.5. The molecule has 2 heterocycles. The minimum absolute atomic E-state index is 0.197. The maximum atomic E-state index is 13.4. The van der Waals surface area contributed by atoms with Crippen LogP contribution in [0.25, 0.3) is 0 Å². The highest BCUT2D eigenvalue weighted by Crippen LogP contribution is 2.56. The van der Waals surface area contributed by atoms with Crippen molar-refractivity contribution < 1.29 is 29.0 Å². The van der Waals surface area contributed by atoms with E-state index in [1.165, 1.54) is 19.9 Å². The van der Waals surface area contributed by atoms with Crippen LogP contribution in [0.3, 0.4) is 0 Å². The summed E-state index contributed by atoms with van der Waals surface area (Å²) in [5, 5.41) is 22.6. The van der Waals surface area contributed by atoms with Crippen LogP contribution < -0.4 is 10.4 Å². The molecular weight excluding hydrogens is 376 g/mol. The molecule has 0 spiro atoms. The molecule has 1 aromatic rings. The van der Waals surface area contributed by atoms with E-state index in [9.17, 15) is 24.6 Å². The van der Waals surface area contributed by atoms with E-state index in [1.807, 2.05) is 0 Å². The number of aliphatic hydroxyl groups excluding tert-OH is 1. The maximum Gasteiger partial charge on any atom is 0.342 e. The van der Waals surface area contributed by atoms with E-state index in [0.29, 0.717) is 22.6 Å². The molecule has 7 heteroatoms. The molecule has 0 amide bonds. The fraction of sp³-hybridized carbons (Fsp3) is 0.591. The Morgan fingerprint density at radius 3 is 2.38 bits per heavy atom. The Morgan fingerprint density at radius 1 is 1.14 bits per heavy atom. The van der Waals surface area contributed by atoms with Gasteiger partial charge in [0.15, 0.2) is 17.5 Å². The highest BCUT2D eigenvalue weighted by molar-refractivity contribution is 6.10. The Morgan fingerprint density at radius 2 is 1.76 bits per heavy atom. The lowest BCUT2D eigenvalue weighted by Crippen LogP contribution is -2.62. The third-order valence-corrected chi connectivity index (χ3v) is 7.58. The molecule has 3 aliphatic rings. The Balaban J connectivity index is 1.97. The van der Waals surface area contributed by atoms with Gasteiger partial charge >= 0.3 is 5.63 Å². The molecule has 2 aliphatic carbocycles. The lowest BCUT2D eigenvalue weighted by atomic mass is 9.68. The zero-order chi connectivity index (χ0) is 21.7. The number of allylic oxidation sites excluding steroid dienone is 1. The smallest absolute Gasteiger partial charge is 0.342 e. The summed E-state index contributed by atoms with van der Waals surface area (Å²) in [5.74, 6) is -1.51. The standard InChI is InChI=1S/C22H26O7/c1-9-11(3)28-19(26)12-7-13-10(2)14-8-15(23)20(4,5)22(14,27)18(25)17(24)21(13,6)29-16(9)12/h8,10,13,17,24,27H,7H2,1-6H3/t10-,13-,17-,21+,22+/m1/s1. The van der Waals surface area contributed by atoms with E-state index >= 15 is 0 Å². The third-order valence-electron chi connectivity index (χ3n) is 7.58. The van der Waals surface area contributed by atoms with Gasteiger partial charge in [-0.25, -0.2) is 4.79 Å². The number of carbonyl (C=O) groups is 2. The van der Waals surface area contributed by atoms with Crippen LogP contribution >= 0.6 is 0 Å². The molecule has 2 N–H and O–H groups in total. The molecule has 1 aliphatic heterocycles. The van der Waals surface area contributed by atoms with Crippen molar-refractivity contribution >= 4 is 11.6 Å². The Kier molecular flexibility index (Phi) is 3.92. The van der Waals surface area contributed by atoms with Gasteiger partial charge in [0, 0.05) is 11.5 Å². The van der Waals surface area contributed by atoms with Crippen molar-refractivity contribution in [3.8, 4) is 5.75 Å². The first-order valence-corrected chi connectivity index (χ1v) is 9.82. The summed E-state index contributed by atoms with van der Waals surface area (Å²) in [6.45, 7) is 9.83. The number of carbonyl (C=O) groups excluding carboxylic acids is 2. The highest BCUT2D eigenvalue weighted by Gasteiger charge is 2.69. The molecule has 5 atom stereocenters. The van der Waals surface area contributed by atoms with Crippen molar-refractivity contribution in [2.45, 2.75) is 65.3 Å². The van der Waals surface area contributed by atoms with E-state index in [1.54, 1.807) is 27.7 Å². The number of aryl methyl sites for hydroxylation is 1. The lowest BCUT2D eigenvalue weighted by Gasteiger charge is -2.45. The number of ether oxygens (including phenoxy) is 1. The SMILES string of the molecule is Cc1oc(=O)c2c(c1C)O[C@]1(C)[C@H](O)C(=O)[C@@]3(O)C(=CC(=O)C3(C)C)[C@H](C)[C@H]1C2. The first kappa shape index (κ1) is 20.0. The first-order chi connectivity index (χ1) is 13.3. The van der Waals surface area contributed by atoms with Crippen molar-refractivity contribution in [2.75, 3.05) is 0 Å². The van der Waals surface area contributed by atoms with Crippen LogP contribution in [0.1, 0.15) is 44.6 Å². The van der Waals surface area contributed by atoms with E-state index < -0.39 is 46.0 Å². The van der Waals surface area contributed by atoms with Crippen LogP contribution in [0.5, 0.6) is 5.75 Å². The second-order valence-electron chi connectivity index (χ2n) is 9.33. The Bertz CT molecular complexity index is 1050. The molecule has 29 heavy (non-hydrogen) atoms. The number of aliphatic hydroxyl groups is 2. The molecule has 1 saturated carbocycles. The minimum Gasteiger partial charge on any atom is -0.483 e. The van der Waals surface area contributed by atoms with Gasteiger partial charge in [-0.3, -0.25) is 9.59 Å². The topological polar surface area (TPSA) is 114 Å². The van der Waals surface area contributed by atoms with Gasteiger partial charge in [-0.05, 0) is 58.6 Å². The summed E-state index contributed by atoms with van der Waals surface area (Å²) in [7, 11) is 0. The number of ketones is 2. The van der Waals surface area contributed by atoms with Crippen molar-refractivity contribution in [1.29, 1.82) is 0 Å². The van der Waals surface area contributed by atoms with Crippen molar-refractivity contribution in [3.05, 3.63) is 39.0 Å². The number of hydrogen-bond acceptors (Lipinski definition) is 7. The van der Waals surface area contributed by atoms with Crippen LogP contribution in [-0.4, -0.2) is 39.1 Å². The second-order valence-corrected chi connectivity index (χ2v) is 9.33. The van der Waals surface area contributed by atoms with Crippen molar-refractivity contribution in [2.24, 2.45) is 17.3 Å². The summed E-state index contributed by atoms with van der Waals surface area (Å²) in [6, 6.07) is 0. The Hall–Kier alpha value is -2.25. The molecule has 0 saturated heterocycles. The van der Waals surface area contributed by atoms with Gasteiger partial charge < -0.3 is 19.4 Å². The molecule has 0 radical (unpaired) electrons. The average molecular weight is 402 g/mol. The van der Waals surface area contributed by atoms with Gasteiger partial charge in [0.1, 0.15) is 17.1 Å². The lowest BCUT2D eigenvalue weighted by molar-refractivity contribution is -0.166. The van der Waals surface area contributed by atoms with E-state index in [0.717, 1.165) is 0 Å². The van der Waals surface area contributed by atoms with E-state index in [-0.39, 0.29) is 17.8 Å². The van der Waals surface area contributed by atoms with Gasteiger partial charge in [0.2, 0.25) is 5.78 Å². The minimum atomic E-state index is -2.13. The van der Waals surface area contributed by atoms with Crippen molar-refractivity contribution in [1.82, 2.24) is 0 Å². The van der Waals surface area contributed by atoms with Crippen LogP contribution in [0.15, 0.2) is 20.9 Å². The predicted octanol–water partition coefficient (Wildman–Crippen LogP) is 1.41. The molecule has 1 fully saturated rings. The molecule has 0 aromatic carbocycles. The molecule has 1 aromatic heterocycles. The normalized spacial score (nSPS) is 37.8. The Labute approximate surface area is 168 Å². The molecule has 0 unspecified atom stereocenters. The number of hydrogen-bond donors (Lipinski definition) is 2. The van der Waals surface area contributed by atoms with Gasteiger partial charge in [-0.15, -0.1) is 0 Å². The number of rotatable bonds is 0. The van der Waals surface area contributed by atoms with Crippen LogP contribution in [0, 0.1) is 31.1 Å². The average Bonchev–Trinajstić information content (AvgIpc) is 2.82. The fourth-order valence-corrected chi connectivity index (χ4v) is 5.27. The zero-order valence-electron chi connectivity index (χ0n) is 17.5. The molecule has 0 bridgehead atoms. The monoisotopic (exact) mass is 402 g/mol. The van der Waals surface area contributed by atoms with E-state index in [2.05, 4.69) is 0 Å². The van der Waals surface area contributed by atoms with Crippen LogP contribution in [-0.2, 0) is 16.0 Å². The summed E-state index contributed by atoms with van der Waals surface area (Å²) in [6.07, 6.45) is -0.168. The quantitative estimate of drug-likeness (QED) is 0.674. The summed E-state index contributed by atoms with van der Waals surface area (Å²) in [4.78, 5) is 38.5. The van der Waals surface area contributed by atoms with Crippen LogP contribution in [0.4, 0.5) is 0 Å². The van der Waals surface area contributed by atoms with Gasteiger partial charge in [0.25, 0.3) is 0 Å². The number of Topliss-reactive ketones (excluding diaryl/α,β-unsaturated/α-hetero) is 1. The van der Waals surface area contributed by atoms with Crippen LogP contribution in [0.2, 0.25) is 0 Å². The molecule has 4 rings (SSSR count). The summed E-state index contributed by atoms with van der Waals surface area (Å²) >= 11 is 0. The summed E-state index contributed by atoms with van der Waals surface area (Å²) in [5.41, 5.74) is -4.19. The zero-order valence-corrected chi connectivity index (χ0v) is 17.5. The second kappa shape index (κ2) is 5.67. The van der Waals surface area contributed by atoms with E-state index in [4.69, 9.17) is 9.15 Å². The molecule has 156 valence electrons. The van der Waals surface area contributed by atoms with Crippen molar-refractivity contribution in [3.63, 3.8) is 0 Å². The maximum absolute atomic E-state index is 13.4. The summed E-state index contributed by atoms with van der Waals surface area (Å²) < 4.78 is 11.5. The van der Waals surface area contributed by atoms with Gasteiger partial charge in [-0.1, -0.05) is 6.92 Å². The third kappa shape index (κ3) is 2.17. The first-order valence-electron chi connectivity index (χ1n) is 9.82. The predicted molar refractivity (Wildman–Crippen MR) is 103 cm³/mol. The van der Waals surface area contributed by atoms with Gasteiger partial charge in [0.05, 0.1) is 11.0 Å². The fourth-order valence-electron chi connectivity index (χ4n) is 5.27. The largest absolute Gasteiger partial charge is 0.483 e. The number of fused-ring (bicyclic) bond motifs is 3.